The Labute approximate surface area is 146 Å². The summed E-state index contributed by atoms with van der Waals surface area (Å²) in [5.41, 5.74) is 0.622. The van der Waals surface area contributed by atoms with Crippen molar-refractivity contribution in [1.29, 1.82) is 0 Å². The van der Waals surface area contributed by atoms with Crippen molar-refractivity contribution >= 4 is 61.5 Å². The third kappa shape index (κ3) is 3.12. The number of sulfonamides is 1. The second kappa shape index (κ2) is 6.20. The Morgan fingerprint density at radius 3 is 2.91 bits per heavy atom. The highest BCUT2D eigenvalue weighted by Crippen LogP contribution is 2.37. The maximum Gasteiger partial charge on any atom is 0.265 e. The molecule has 0 saturated carbocycles. The molecule has 0 atom stereocenters. The van der Waals surface area contributed by atoms with Crippen LogP contribution >= 0.6 is 34.7 Å². The number of ether oxygens (including phenoxy) is 1. The molecule has 23 heavy (non-hydrogen) atoms. The molecular formula is C13H11Cl2N3O3S2. The van der Waals surface area contributed by atoms with E-state index in [4.69, 9.17) is 27.9 Å². The minimum atomic E-state index is -3.85. The van der Waals surface area contributed by atoms with Gasteiger partial charge in [0.1, 0.15) is 9.92 Å². The van der Waals surface area contributed by atoms with Gasteiger partial charge < -0.3 is 9.72 Å². The molecule has 0 amide bonds. The standard InChI is InChI=1S/C13H11Cl2N3O3S2/c1-2-21-13-11(15)12(17-22-13)18-23(19,20)10-6-16-9-5-7(14)3-4-8(9)10/h3-6,16H,2H2,1H3,(H,17,18). The number of H-pyrrole nitrogens is 1. The summed E-state index contributed by atoms with van der Waals surface area (Å²) >= 11 is 13.0. The number of hydrogen-bond donors (Lipinski definition) is 2. The Morgan fingerprint density at radius 1 is 1.39 bits per heavy atom. The highest BCUT2D eigenvalue weighted by molar-refractivity contribution is 7.93. The first-order chi connectivity index (χ1) is 10.9. The molecule has 2 heterocycles. The van der Waals surface area contributed by atoms with Crippen LogP contribution in [-0.2, 0) is 10.0 Å². The topological polar surface area (TPSA) is 84.1 Å². The molecule has 3 aromatic rings. The predicted octanol–water partition coefficient (Wildman–Crippen LogP) is 4.13. The number of aromatic nitrogens is 2. The molecule has 0 radical (unpaired) electrons. The van der Waals surface area contributed by atoms with Crippen molar-refractivity contribution in [3.8, 4) is 5.06 Å². The number of aromatic amines is 1. The minimum absolute atomic E-state index is 0.0448. The number of nitrogens with one attached hydrogen (secondary N) is 2. The van der Waals surface area contributed by atoms with Crippen molar-refractivity contribution in [3.05, 3.63) is 34.4 Å². The molecule has 1 aromatic carbocycles. The lowest BCUT2D eigenvalue weighted by Gasteiger charge is -2.05. The molecule has 0 aliphatic carbocycles. The maximum atomic E-state index is 12.6. The van der Waals surface area contributed by atoms with Gasteiger partial charge in [-0.2, -0.15) is 4.37 Å². The Bertz CT molecular complexity index is 966. The fourth-order valence-corrected chi connectivity index (χ4v) is 4.46. The van der Waals surface area contributed by atoms with E-state index in [9.17, 15) is 8.42 Å². The van der Waals surface area contributed by atoms with E-state index in [1.807, 2.05) is 0 Å². The highest BCUT2D eigenvalue weighted by atomic mass is 35.5. The highest BCUT2D eigenvalue weighted by Gasteiger charge is 2.23. The molecule has 2 N–H and O–H groups in total. The van der Waals surface area contributed by atoms with E-state index in [1.54, 1.807) is 25.1 Å². The van der Waals surface area contributed by atoms with Crippen LogP contribution in [0.2, 0.25) is 10.0 Å². The normalized spacial score (nSPS) is 11.8. The number of hydrogen-bond acceptors (Lipinski definition) is 5. The van der Waals surface area contributed by atoms with Crippen LogP contribution in [0.5, 0.6) is 5.06 Å². The molecule has 122 valence electrons. The van der Waals surface area contributed by atoms with Crippen LogP contribution in [0.3, 0.4) is 0 Å². The van der Waals surface area contributed by atoms with Crippen molar-refractivity contribution < 1.29 is 13.2 Å². The van der Waals surface area contributed by atoms with Crippen molar-refractivity contribution in [2.45, 2.75) is 11.8 Å². The molecule has 3 rings (SSSR count). The van der Waals surface area contributed by atoms with Crippen LogP contribution in [0, 0.1) is 0 Å². The van der Waals surface area contributed by atoms with Gasteiger partial charge in [0.05, 0.1) is 6.61 Å². The molecule has 0 aliphatic rings. The van der Waals surface area contributed by atoms with Crippen molar-refractivity contribution in [2.75, 3.05) is 11.3 Å². The molecule has 2 aromatic heterocycles. The van der Waals surface area contributed by atoms with E-state index >= 15 is 0 Å². The molecular weight excluding hydrogens is 381 g/mol. The Hall–Kier alpha value is -1.48. The quantitative estimate of drug-likeness (QED) is 0.684. The first-order valence-corrected chi connectivity index (χ1v) is 9.51. The summed E-state index contributed by atoms with van der Waals surface area (Å²) in [7, 11) is -3.85. The molecule has 0 unspecified atom stereocenters. The van der Waals surface area contributed by atoms with Gasteiger partial charge in [-0.3, -0.25) is 4.72 Å². The van der Waals surface area contributed by atoms with Crippen LogP contribution in [-0.4, -0.2) is 24.4 Å². The van der Waals surface area contributed by atoms with Gasteiger partial charge in [0, 0.05) is 33.7 Å². The first kappa shape index (κ1) is 16.4. The van der Waals surface area contributed by atoms with Crippen LogP contribution in [0.1, 0.15) is 6.92 Å². The van der Waals surface area contributed by atoms with Gasteiger partial charge in [-0.1, -0.05) is 23.2 Å². The largest absolute Gasteiger partial charge is 0.482 e. The Morgan fingerprint density at radius 2 is 2.17 bits per heavy atom. The van der Waals surface area contributed by atoms with Crippen molar-refractivity contribution in [3.63, 3.8) is 0 Å². The van der Waals surface area contributed by atoms with E-state index < -0.39 is 10.0 Å². The van der Waals surface area contributed by atoms with E-state index in [0.29, 0.717) is 27.6 Å². The van der Waals surface area contributed by atoms with Crippen LogP contribution in [0.4, 0.5) is 5.82 Å². The summed E-state index contributed by atoms with van der Waals surface area (Å²) in [6.07, 6.45) is 1.40. The molecule has 0 aliphatic heterocycles. The van der Waals surface area contributed by atoms with Crippen LogP contribution in [0.15, 0.2) is 29.3 Å². The van der Waals surface area contributed by atoms with Gasteiger partial charge in [-0.15, -0.1) is 0 Å². The average molecular weight is 392 g/mol. The number of benzene rings is 1. The van der Waals surface area contributed by atoms with Gasteiger partial charge in [-0.05, 0) is 25.1 Å². The van der Waals surface area contributed by atoms with E-state index in [0.717, 1.165) is 11.5 Å². The van der Waals surface area contributed by atoms with E-state index in [-0.39, 0.29) is 15.7 Å². The van der Waals surface area contributed by atoms with Gasteiger partial charge in [0.2, 0.25) is 5.06 Å². The smallest absolute Gasteiger partial charge is 0.265 e. The maximum absolute atomic E-state index is 12.6. The summed E-state index contributed by atoms with van der Waals surface area (Å²) in [4.78, 5) is 2.97. The zero-order valence-corrected chi connectivity index (χ0v) is 14.9. The van der Waals surface area contributed by atoms with Gasteiger partial charge >= 0.3 is 0 Å². The summed E-state index contributed by atoms with van der Waals surface area (Å²) in [6, 6.07) is 4.91. The van der Waals surface area contributed by atoms with Gasteiger partial charge in [-0.25, -0.2) is 8.42 Å². The van der Waals surface area contributed by atoms with Crippen molar-refractivity contribution in [2.24, 2.45) is 0 Å². The second-order valence-corrected chi connectivity index (χ2v) is 7.72. The molecule has 6 nitrogen and oxygen atoms in total. The number of anilines is 1. The zero-order valence-electron chi connectivity index (χ0n) is 11.8. The summed E-state index contributed by atoms with van der Waals surface area (Å²) < 4.78 is 36.8. The van der Waals surface area contributed by atoms with Crippen LogP contribution in [0.25, 0.3) is 10.9 Å². The van der Waals surface area contributed by atoms with E-state index in [2.05, 4.69) is 14.1 Å². The van der Waals surface area contributed by atoms with Gasteiger partial charge in [0.25, 0.3) is 10.0 Å². The lowest BCUT2D eigenvalue weighted by molar-refractivity contribution is 0.350. The number of fused-ring (bicyclic) bond motifs is 1. The number of halogens is 2. The third-order valence-electron chi connectivity index (χ3n) is 3.01. The monoisotopic (exact) mass is 391 g/mol. The molecule has 0 bridgehead atoms. The predicted molar refractivity (Wildman–Crippen MR) is 92.4 cm³/mol. The molecule has 10 heteroatoms. The summed E-state index contributed by atoms with van der Waals surface area (Å²) in [6.45, 7) is 2.22. The summed E-state index contributed by atoms with van der Waals surface area (Å²) in [5.74, 6) is 0.0448. The Kier molecular flexibility index (Phi) is 4.41. The van der Waals surface area contributed by atoms with Gasteiger partial charge in [0.15, 0.2) is 5.82 Å². The number of rotatable bonds is 5. The first-order valence-electron chi connectivity index (χ1n) is 6.50. The SMILES string of the molecule is CCOc1snc(NS(=O)(=O)c2c[nH]c3cc(Cl)ccc23)c1Cl. The Balaban J connectivity index is 1.98. The molecule has 0 saturated heterocycles. The second-order valence-electron chi connectivity index (χ2n) is 4.51. The molecule has 0 spiro atoms. The lowest BCUT2D eigenvalue weighted by atomic mass is 10.2. The van der Waals surface area contributed by atoms with Crippen molar-refractivity contribution in [1.82, 2.24) is 9.36 Å². The third-order valence-corrected chi connectivity index (χ3v) is 5.85. The average Bonchev–Trinajstić information content (AvgIpc) is 3.05. The lowest BCUT2D eigenvalue weighted by Crippen LogP contribution is -2.13. The number of nitrogens with zero attached hydrogens (tertiary/aromatic N) is 1. The fourth-order valence-electron chi connectivity index (χ4n) is 2.02. The zero-order chi connectivity index (χ0) is 16.6. The fraction of sp³-hybridized carbons (Fsp3) is 0.154. The molecule has 0 fully saturated rings. The summed E-state index contributed by atoms with van der Waals surface area (Å²) in [5, 5.41) is 1.55. The van der Waals surface area contributed by atoms with Crippen LogP contribution < -0.4 is 9.46 Å². The minimum Gasteiger partial charge on any atom is -0.482 e. The van der Waals surface area contributed by atoms with E-state index in [1.165, 1.54) is 6.20 Å².